The highest BCUT2D eigenvalue weighted by molar-refractivity contribution is 5.91. The highest BCUT2D eigenvalue weighted by Gasteiger charge is 2.05. The summed E-state index contributed by atoms with van der Waals surface area (Å²) in [5.74, 6) is 1.25. The molecule has 0 saturated heterocycles. The number of benzene rings is 2. The molecule has 1 N–H and O–H groups in total. The van der Waals surface area contributed by atoms with Crippen molar-refractivity contribution in [2.75, 3.05) is 11.9 Å². The summed E-state index contributed by atoms with van der Waals surface area (Å²) in [6.45, 7) is 8.42. The number of ether oxygens (including phenoxy) is 1. The van der Waals surface area contributed by atoms with Gasteiger partial charge in [-0.1, -0.05) is 56.8 Å². The predicted octanol–water partition coefficient (Wildman–Crippen LogP) is 4.95. The van der Waals surface area contributed by atoms with Crippen LogP contribution in [0.2, 0.25) is 0 Å². The molecule has 2 aromatic rings. The lowest BCUT2D eigenvalue weighted by atomic mass is 10.0. The summed E-state index contributed by atoms with van der Waals surface area (Å²) in [4.78, 5) is 12.1. The fraction of sp³-hybridized carbons (Fsp3) is 0.286. The fourth-order valence-electron chi connectivity index (χ4n) is 2.37. The molecule has 24 heavy (non-hydrogen) atoms. The van der Waals surface area contributed by atoms with Gasteiger partial charge in [-0.25, -0.2) is 0 Å². The van der Waals surface area contributed by atoms with Crippen LogP contribution in [0, 0.1) is 0 Å². The summed E-state index contributed by atoms with van der Waals surface area (Å²) in [6.07, 6.45) is 2.88. The zero-order chi connectivity index (χ0) is 17.4. The third kappa shape index (κ3) is 5.58. The lowest BCUT2D eigenvalue weighted by molar-refractivity contribution is -0.116. The molecule has 0 bridgehead atoms. The van der Waals surface area contributed by atoms with Crippen LogP contribution in [-0.2, 0) is 11.2 Å². The molecular formula is C21H25NO2. The van der Waals surface area contributed by atoms with Gasteiger partial charge in [0.15, 0.2) is 0 Å². The Morgan fingerprint density at radius 3 is 2.62 bits per heavy atom. The van der Waals surface area contributed by atoms with Crippen LogP contribution in [0.4, 0.5) is 5.69 Å². The van der Waals surface area contributed by atoms with E-state index in [-0.39, 0.29) is 5.91 Å². The van der Waals surface area contributed by atoms with E-state index in [2.05, 4.69) is 50.0 Å². The van der Waals surface area contributed by atoms with Crippen molar-refractivity contribution in [3.8, 4) is 5.75 Å². The molecule has 0 aromatic heterocycles. The number of nitrogens with one attached hydrogen (secondary N) is 1. The first-order valence-corrected chi connectivity index (χ1v) is 8.31. The lowest BCUT2D eigenvalue weighted by Crippen LogP contribution is -2.12. The molecule has 0 aliphatic rings. The van der Waals surface area contributed by atoms with Crippen molar-refractivity contribution >= 4 is 11.6 Å². The molecule has 0 radical (unpaired) electrons. The summed E-state index contributed by atoms with van der Waals surface area (Å²) < 4.78 is 5.47. The zero-order valence-electron chi connectivity index (χ0n) is 14.4. The molecule has 1 amide bonds. The number of carbonyl (C=O) groups is 1. The van der Waals surface area contributed by atoms with Crippen LogP contribution < -0.4 is 10.1 Å². The average Bonchev–Trinajstić information content (AvgIpc) is 2.59. The van der Waals surface area contributed by atoms with E-state index in [9.17, 15) is 4.79 Å². The monoisotopic (exact) mass is 323 g/mol. The van der Waals surface area contributed by atoms with Gasteiger partial charge in [-0.2, -0.15) is 0 Å². The van der Waals surface area contributed by atoms with Crippen molar-refractivity contribution in [1.29, 1.82) is 0 Å². The summed E-state index contributed by atoms with van der Waals surface area (Å²) >= 11 is 0. The van der Waals surface area contributed by atoms with E-state index in [0.29, 0.717) is 18.9 Å². The largest absolute Gasteiger partial charge is 0.489 e. The summed E-state index contributed by atoms with van der Waals surface area (Å²) in [5.41, 5.74) is 3.24. The summed E-state index contributed by atoms with van der Waals surface area (Å²) in [6, 6.07) is 15.9. The highest BCUT2D eigenvalue weighted by Crippen LogP contribution is 2.18. The quantitative estimate of drug-likeness (QED) is 0.698. The van der Waals surface area contributed by atoms with Crippen molar-refractivity contribution in [1.82, 2.24) is 0 Å². The maximum absolute atomic E-state index is 12.1. The molecule has 126 valence electrons. The Morgan fingerprint density at radius 2 is 1.96 bits per heavy atom. The van der Waals surface area contributed by atoms with Gasteiger partial charge in [-0.05, 0) is 35.6 Å². The second-order valence-corrected chi connectivity index (χ2v) is 6.07. The number of amides is 1. The molecule has 0 aliphatic carbocycles. The Kier molecular flexibility index (Phi) is 6.62. The van der Waals surface area contributed by atoms with Gasteiger partial charge in [0.25, 0.3) is 0 Å². The van der Waals surface area contributed by atoms with Crippen molar-refractivity contribution < 1.29 is 9.53 Å². The lowest BCUT2D eigenvalue weighted by Gasteiger charge is -2.09. The Balaban J connectivity index is 1.85. The molecule has 0 saturated carbocycles. The summed E-state index contributed by atoms with van der Waals surface area (Å²) in [7, 11) is 0. The van der Waals surface area contributed by atoms with Crippen LogP contribution in [-0.4, -0.2) is 12.5 Å². The topological polar surface area (TPSA) is 38.3 Å². The normalized spacial score (nSPS) is 10.5. The van der Waals surface area contributed by atoms with Gasteiger partial charge in [0, 0.05) is 18.2 Å². The number of aryl methyl sites for hydroxylation is 1. The fourth-order valence-corrected chi connectivity index (χ4v) is 2.37. The van der Waals surface area contributed by atoms with Crippen LogP contribution in [0.1, 0.15) is 37.3 Å². The maximum Gasteiger partial charge on any atom is 0.224 e. The molecule has 3 heteroatoms. The highest BCUT2D eigenvalue weighted by atomic mass is 16.5. The van der Waals surface area contributed by atoms with E-state index in [1.807, 2.05) is 24.3 Å². The predicted molar refractivity (Wildman–Crippen MR) is 99.6 cm³/mol. The first-order chi connectivity index (χ1) is 11.6. The van der Waals surface area contributed by atoms with E-state index < -0.39 is 0 Å². The van der Waals surface area contributed by atoms with Crippen LogP contribution in [0.5, 0.6) is 5.75 Å². The van der Waals surface area contributed by atoms with Gasteiger partial charge < -0.3 is 10.1 Å². The molecule has 2 aromatic carbocycles. The van der Waals surface area contributed by atoms with E-state index in [0.717, 1.165) is 17.9 Å². The Morgan fingerprint density at radius 1 is 1.21 bits per heavy atom. The Bertz CT molecular complexity index is 674. The molecule has 2 rings (SSSR count). The Labute approximate surface area is 144 Å². The molecule has 0 spiro atoms. The third-order valence-electron chi connectivity index (χ3n) is 3.77. The first kappa shape index (κ1) is 17.8. The zero-order valence-corrected chi connectivity index (χ0v) is 14.4. The number of rotatable bonds is 8. The smallest absolute Gasteiger partial charge is 0.224 e. The van der Waals surface area contributed by atoms with E-state index in [1.165, 1.54) is 11.1 Å². The third-order valence-corrected chi connectivity index (χ3v) is 3.77. The van der Waals surface area contributed by atoms with Gasteiger partial charge in [0.1, 0.15) is 12.4 Å². The number of hydrogen-bond acceptors (Lipinski definition) is 2. The van der Waals surface area contributed by atoms with Crippen molar-refractivity contribution in [3.05, 3.63) is 72.3 Å². The second-order valence-electron chi connectivity index (χ2n) is 6.07. The number of anilines is 1. The van der Waals surface area contributed by atoms with Crippen LogP contribution in [0.15, 0.2) is 61.2 Å². The SMILES string of the molecule is C=CCOc1cccc(NC(=O)CCc2ccc(C(C)C)cc2)c1. The number of hydrogen-bond donors (Lipinski definition) is 1. The van der Waals surface area contributed by atoms with Gasteiger partial charge in [0.2, 0.25) is 5.91 Å². The molecule has 0 atom stereocenters. The molecule has 3 nitrogen and oxygen atoms in total. The first-order valence-electron chi connectivity index (χ1n) is 8.31. The average molecular weight is 323 g/mol. The van der Waals surface area contributed by atoms with Crippen molar-refractivity contribution in [2.24, 2.45) is 0 Å². The molecule has 0 heterocycles. The molecule has 0 aliphatic heterocycles. The van der Waals surface area contributed by atoms with Gasteiger partial charge in [-0.15, -0.1) is 0 Å². The standard InChI is InChI=1S/C21H25NO2/c1-4-14-24-20-7-5-6-19(15-20)22-21(23)13-10-17-8-11-18(12-9-17)16(2)3/h4-9,11-12,15-16H,1,10,13-14H2,2-3H3,(H,22,23). The molecular weight excluding hydrogens is 298 g/mol. The van der Waals surface area contributed by atoms with Crippen LogP contribution in [0.3, 0.4) is 0 Å². The van der Waals surface area contributed by atoms with Crippen LogP contribution >= 0.6 is 0 Å². The van der Waals surface area contributed by atoms with E-state index in [4.69, 9.17) is 4.74 Å². The Hall–Kier alpha value is -2.55. The van der Waals surface area contributed by atoms with E-state index >= 15 is 0 Å². The maximum atomic E-state index is 12.1. The van der Waals surface area contributed by atoms with Crippen molar-refractivity contribution in [2.45, 2.75) is 32.6 Å². The molecule has 0 fully saturated rings. The second kappa shape index (κ2) is 8.92. The van der Waals surface area contributed by atoms with Crippen LogP contribution in [0.25, 0.3) is 0 Å². The molecule has 0 unspecified atom stereocenters. The van der Waals surface area contributed by atoms with Gasteiger partial charge in [0.05, 0.1) is 0 Å². The number of carbonyl (C=O) groups excluding carboxylic acids is 1. The van der Waals surface area contributed by atoms with Gasteiger partial charge >= 0.3 is 0 Å². The minimum Gasteiger partial charge on any atom is -0.489 e. The minimum absolute atomic E-state index is 0.00352. The van der Waals surface area contributed by atoms with Gasteiger partial charge in [-0.3, -0.25) is 4.79 Å². The van der Waals surface area contributed by atoms with Crippen molar-refractivity contribution in [3.63, 3.8) is 0 Å². The minimum atomic E-state index is 0.00352. The van der Waals surface area contributed by atoms with E-state index in [1.54, 1.807) is 6.08 Å². The summed E-state index contributed by atoms with van der Waals surface area (Å²) in [5, 5.41) is 2.91.